The Hall–Kier alpha value is -2.42. The van der Waals surface area contributed by atoms with Crippen LogP contribution in [0.1, 0.15) is 37.4 Å². The van der Waals surface area contributed by atoms with Gasteiger partial charge in [-0.2, -0.15) is 0 Å². The molecule has 1 aliphatic carbocycles. The van der Waals surface area contributed by atoms with Crippen molar-refractivity contribution in [2.24, 2.45) is 5.73 Å². The van der Waals surface area contributed by atoms with Crippen molar-refractivity contribution in [3.63, 3.8) is 0 Å². The Morgan fingerprint density at radius 1 is 1.63 bits per heavy atom. The highest BCUT2D eigenvalue weighted by atomic mass is 16.1. The molecule has 6 nitrogen and oxygen atoms in total. The molecule has 0 aromatic carbocycles. The minimum atomic E-state index is -0.342. The first-order valence-electron chi connectivity index (χ1n) is 6.00. The highest BCUT2D eigenvalue weighted by molar-refractivity contribution is 5.83. The molecule has 0 saturated carbocycles. The molecule has 2 heterocycles. The van der Waals surface area contributed by atoms with Crippen molar-refractivity contribution in [3.05, 3.63) is 34.9 Å². The molecule has 0 saturated heterocycles. The average molecular weight is 255 g/mol. The van der Waals surface area contributed by atoms with E-state index in [0.717, 1.165) is 11.3 Å². The lowest BCUT2D eigenvalue weighted by molar-refractivity contribution is -0.119. The van der Waals surface area contributed by atoms with E-state index in [0.29, 0.717) is 17.9 Å². The Morgan fingerprint density at radius 2 is 2.37 bits per heavy atom. The van der Waals surface area contributed by atoms with Gasteiger partial charge in [-0.25, -0.2) is 4.98 Å². The Bertz CT molecular complexity index is 737. The van der Waals surface area contributed by atoms with Gasteiger partial charge in [0.1, 0.15) is 0 Å². The maximum Gasteiger partial charge on any atom is 0.298 e. The van der Waals surface area contributed by atoms with Gasteiger partial charge in [-0.3, -0.25) is 4.79 Å². The SMILES string of the molecule is [C-]#[N+]c1cc2ncc3c(n2n1)C(C)(C)CC3C(N)=O. The fourth-order valence-corrected chi connectivity index (χ4v) is 2.89. The van der Waals surface area contributed by atoms with Crippen LogP contribution in [0.2, 0.25) is 0 Å². The third-order valence-corrected chi connectivity index (χ3v) is 3.69. The molecule has 3 rings (SSSR count). The van der Waals surface area contributed by atoms with Crippen LogP contribution >= 0.6 is 0 Å². The molecule has 2 aromatic rings. The number of carbonyl (C=O) groups excluding carboxylic acids is 1. The lowest BCUT2D eigenvalue weighted by Gasteiger charge is -2.18. The number of fused-ring (bicyclic) bond motifs is 3. The minimum absolute atomic E-state index is 0.221. The number of nitrogens with zero attached hydrogens (tertiary/aromatic N) is 4. The summed E-state index contributed by atoms with van der Waals surface area (Å²) in [5, 5.41) is 4.24. The Morgan fingerprint density at radius 3 is 3.00 bits per heavy atom. The molecular weight excluding hydrogens is 242 g/mol. The number of primary amides is 1. The Balaban J connectivity index is 2.35. The second-order valence-electron chi connectivity index (χ2n) is 5.49. The third kappa shape index (κ3) is 1.51. The van der Waals surface area contributed by atoms with Gasteiger partial charge in [-0.05, 0) is 11.5 Å². The zero-order valence-corrected chi connectivity index (χ0v) is 10.7. The largest absolute Gasteiger partial charge is 0.369 e. The summed E-state index contributed by atoms with van der Waals surface area (Å²) in [6.07, 6.45) is 2.33. The van der Waals surface area contributed by atoms with E-state index in [1.807, 2.05) is 13.8 Å². The first-order chi connectivity index (χ1) is 8.94. The smallest absolute Gasteiger partial charge is 0.298 e. The Kier molecular flexibility index (Phi) is 2.17. The van der Waals surface area contributed by atoms with E-state index < -0.39 is 0 Å². The monoisotopic (exact) mass is 255 g/mol. The molecule has 19 heavy (non-hydrogen) atoms. The summed E-state index contributed by atoms with van der Waals surface area (Å²) in [6.45, 7) is 11.1. The van der Waals surface area contributed by atoms with Crippen LogP contribution in [0.25, 0.3) is 10.5 Å². The van der Waals surface area contributed by atoms with Crippen molar-refractivity contribution in [1.29, 1.82) is 0 Å². The predicted octanol–water partition coefficient (Wildman–Crippen LogP) is 1.53. The quantitative estimate of drug-likeness (QED) is 0.785. The first-order valence-corrected chi connectivity index (χ1v) is 6.00. The van der Waals surface area contributed by atoms with Crippen LogP contribution in [-0.4, -0.2) is 20.5 Å². The minimum Gasteiger partial charge on any atom is -0.369 e. The molecule has 0 radical (unpaired) electrons. The molecule has 1 unspecified atom stereocenters. The van der Waals surface area contributed by atoms with Crippen molar-refractivity contribution in [2.75, 3.05) is 0 Å². The zero-order valence-electron chi connectivity index (χ0n) is 10.7. The third-order valence-electron chi connectivity index (χ3n) is 3.69. The topological polar surface area (TPSA) is 77.6 Å². The summed E-state index contributed by atoms with van der Waals surface area (Å²) in [5.74, 6) is -0.368. The van der Waals surface area contributed by atoms with Gasteiger partial charge >= 0.3 is 0 Å². The summed E-state index contributed by atoms with van der Waals surface area (Å²) in [7, 11) is 0. The number of carbonyl (C=O) groups is 1. The highest BCUT2D eigenvalue weighted by Crippen LogP contribution is 2.45. The molecule has 0 bridgehead atoms. The van der Waals surface area contributed by atoms with Crippen molar-refractivity contribution in [2.45, 2.75) is 31.6 Å². The number of hydrogen-bond donors (Lipinski definition) is 1. The molecule has 6 heteroatoms. The maximum atomic E-state index is 11.6. The number of aromatic nitrogens is 3. The van der Waals surface area contributed by atoms with Crippen molar-refractivity contribution >= 4 is 17.4 Å². The van der Waals surface area contributed by atoms with E-state index in [1.54, 1.807) is 16.8 Å². The summed E-state index contributed by atoms with van der Waals surface area (Å²) in [4.78, 5) is 19.2. The van der Waals surface area contributed by atoms with Gasteiger partial charge in [0.2, 0.25) is 5.91 Å². The van der Waals surface area contributed by atoms with Gasteiger partial charge in [0.05, 0.1) is 11.6 Å². The van der Waals surface area contributed by atoms with E-state index in [-0.39, 0.29) is 17.2 Å². The average Bonchev–Trinajstić information content (AvgIpc) is 2.87. The number of rotatable bonds is 1. The van der Waals surface area contributed by atoms with Crippen LogP contribution in [0.4, 0.5) is 5.82 Å². The molecule has 1 aliphatic rings. The standard InChI is InChI=1S/C13H13N5O/c1-13(2)5-7(12(14)19)8-6-16-10-4-9(15-3)17-18(10)11(8)13/h4,6-7H,5H2,1-2H3,(H2,14,19). The van der Waals surface area contributed by atoms with Gasteiger partial charge in [-0.1, -0.05) is 20.4 Å². The molecule has 96 valence electrons. The van der Waals surface area contributed by atoms with E-state index in [9.17, 15) is 4.79 Å². The van der Waals surface area contributed by atoms with Crippen LogP contribution < -0.4 is 5.73 Å². The highest BCUT2D eigenvalue weighted by Gasteiger charge is 2.43. The van der Waals surface area contributed by atoms with Gasteiger partial charge in [0.25, 0.3) is 5.82 Å². The van der Waals surface area contributed by atoms with Crippen LogP contribution in [0, 0.1) is 6.57 Å². The zero-order chi connectivity index (χ0) is 13.8. The molecule has 0 aliphatic heterocycles. The predicted molar refractivity (Wildman–Crippen MR) is 68.8 cm³/mol. The molecule has 2 aromatic heterocycles. The van der Waals surface area contributed by atoms with Gasteiger partial charge in [0.15, 0.2) is 5.65 Å². The molecule has 2 N–H and O–H groups in total. The van der Waals surface area contributed by atoms with E-state index in [4.69, 9.17) is 12.3 Å². The molecule has 1 atom stereocenters. The summed E-state index contributed by atoms with van der Waals surface area (Å²) in [5.41, 5.74) is 7.62. The molecular formula is C13H13N5O. The number of amides is 1. The van der Waals surface area contributed by atoms with Crippen molar-refractivity contribution in [3.8, 4) is 0 Å². The van der Waals surface area contributed by atoms with Gasteiger partial charge in [0, 0.05) is 23.2 Å². The van der Waals surface area contributed by atoms with Crippen LogP contribution in [0.15, 0.2) is 12.3 Å². The number of hydrogen-bond acceptors (Lipinski definition) is 3. The second-order valence-corrected chi connectivity index (χ2v) is 5.49. The van der Waals surface area contributed by atoms with E-state index in [2.05, 4.69) is 14.9 Å². The van der Waals surface area contributed by atoms with Crippen LogP contribution in [-0.2, 0) is 10.2 Å². The van der Waals surface area contributed by atoms with Crippen molar-refractivity contribution < 1.29 is 4.79 Å². The second kappa shape index (κ2) is 3.54. The van der Waals surface area contributed by atoms with Gasteiger partial charge in [-0.15, -0.1) is 4.52 Å². The molecule has 0 fully saturated rings. The lowest BCUT2D eigenvalue weighted by atomic mass is 9.89. The van der Waals surface area contributed by atoms with E-state index >= 15 is 0 Å². The van der Waals surface area contributed by atoms with Crippen LogP contribution in [0.3, 0.4) is 0 Å². The fourth-order valence-electron chi connectivity index (χ4n) is 2.89. The summed E-state index contributed by atoms with van der Waals surface area (Å²) in [6, 6.07) is 1.64. The van der Waals surface area contributed by atoms with Gasteiger partial charge < -0.3 is 10.6 Å². The summed E-state index contributed by atoms with van der Waals surface area (Å²) < 4.78 is 1.67. The van der Waals surface area contributed by atoms with Crippen LogP contribution in [0.5, 0.6) is 0 Å². The summed E-state index contributed by atoms with van der Waals surface area (Å²) >= 11 is 0. The molecule has 0 spiro atoms. The number of nitrogens with two attached hydrogens (primary N) is 1. The van der Waals surface area contributed by atoms with Crippen molar-refractivity contribution in [1.82, 2.24) is 14.6 Å². The van der Waals surface area contributed by atoms with E-state index in [1.165, 1.54) is 0 Å². The first kappa shape index (κ1) is 11.7. The normalized spacial score (nSPS) is 20.2. The molecule has 1 amide bonds. The lowest BCUT2D eigenvalue weighted by Crippen LogP contribution is -2.21. The maximum absolute atomic E-state index is 11.6. The fraction of sp³-hybridized carbons (Fsp3) is 0.385. The Labute approximate surface area is 110 Å².